The van der Waals surface area contributed by atoms with Crippen molar-refractivity contribution in [2.24, 2.45) is 0 Å². The molecule has 0 radical (unpaired) electrons. The van der Waals surface area contributed by atoms with Crippen molar-refractivity contribution in [2.45, 2.75) is 104 Å². The van der Waals surface area contributed by atoms with Crippen LogP contribution in [0.15, 0.2) is 0 Å². The third-order valence-electron chi connectivity index (χ3n) is 3.47. The van der Waals surface area contributed by atoms with Crippen LogP contribution in [0.5, 0.6) is 0 Å². The van der Waals surface area contributed by atoms with E-state index in [0.717, 1.165) is 38.5 Å². The molecule has 28 heavy (non-hydrogen) atoms. The highest BCUT2D eigenvalue weighted by Crippen LogP contribution is 2.08. The molecule has 10 nitrogen and oxygen atoms in total. The zero-order valence-electron chi connectivity index (χ0n) is 17.5. The van der Waals surface area contributed by atoms with E-state index in [9.17, 15) is 0 Å². The van der Waals surface area contributed by atoms with Crippen molar-refractivity contribution in [1.29, 1.82) is 0 Å². The van der Waals surface area contributed by atoms with Gasteiger partial charge in [0.2, 0.25) is 0 Å². The summed E-state index contributed by atoms with van der Waals surface area (Å²) in [5, 5.41) is 44.5. The largest absolute Gasteiger partial charge is 0.503 e. The minimum atomic E-state index is -1.83. The molecule has 0 aliphatic carbocycles. The van der Waals surface area contributed by atoms with Gasteiger partial charge in [-0.2, -0.15) is 0 Å². The quantitative estimate of drug-likeness (QED) is 0.124. The Morgan fingerprint density at radius 3 is 1.04 bits per heavy atom. The fourth-order valence-corrected chi connectivity index (χ4v) is 1.91. The van der Waals surface area contributed by atoms with Crippen molar-refractivity contribution in [3.8, 4) is 0 Å². The van der Waals surface area contributed by atoms with Crippen LogP contribution in [0.1, 0.15) is 91.9 Å². The maximum Gasteiger partial charge on any atom is 0.503 e. The summed E-state index contributed by atoms with van der Waals surface area (Å²) < 4.78 is 0. The molecule has 0 bridgehead atoms. The molecule has 172 valence electrons. The molecule has 0 spiro atoms. The second kappa shape index (κ2) is 30.1. The van der Waals surface area contributed by atoms with Crippen molar-refractivity contribution in [2.75, 3.05) is 0 Å². The zero-order chi connectivity index (χ0) is 22.8. The molecule has 0 aromatic carbocycles. The lowest BCUT2D eigenvalue weighted by Gasteiger charge is -2.08. The van der Waals surface area contributed by atoms with Gasteiger partial charge >= 0.3 is 12.3 Å². The molecule has 0 saturated heterocycles. The van der Waals surface area contributed by atoms with Gasteiger partial charge in [-0.3, -0.25) is 10.5 Å². The normalized spacial score (nSPS) is 11.4. The number of unbranched alkanes of at least 4 members (excludes halogenated alkanes) is 4. The first-order chi connectivity index (χ1) is 13.2. The molecule has 0 saturated carbocycles. The van der Waals surface area contributed by atoms with Crippen LogP contribution in [0.4, 0.5) is 9.59 Å². The molecule has 2 atom stereocenters. The Labute approximate surface area is 167 Å². The number of rotatable bonds is 12. The first-order valence-electron chi connectivity index (χ1n) is 9.60. The second-order valence-electron chi connectivity index (χ2n) is 5.83. The Kier molecular flexibility index (Phi) is 36.5. The van der Waals surface area contributed by atoms with Gasteiger partial charge < -0.3 is 20.4 Å². The fraction of sp³-hybridized carbons (Fsp3) is 0.889. The Balaban J connectivity index is -0.000000150. The lowest BCUT2D eigenvalue weighted by atomic mass is 10.1. The average Bonchev–Trinajstić information content (AvgIpc) is 2.62. The van der Waals surface area contributed by atoms with Crippen LogP contribution in [-0.4, -0.2) is 55.5 Å². The van der Waals surface area contributed by atoms with Crippen LogP contribution >= 0.6 is 0 Å². The van der Waals surface area contributed by atoms with E-state index in [1.54, 1.807) is 0 Å². The smallest absolute Gasteiger partial charge is 0.450 e. The van der Waals surface area contributed by atoms with Crippen LogP contribution in [0, 0.1) is 0 Å². The minimum absolute atomic E-state index is 0.0616. The highest BCUT2D eigenvalue weighted by atomic mass is 17.1. The molecule has 0 heterocycles. The SMILES string of the molecule is CCCCCC(CC)OO.CCCCCC(CC)OO.O=C(O)O.O=C(O)O. The maximum atomic E-state index is 8.56. The van der Waals surface area contributed by atoms with Crippen molar-refractivity contribution < 1.29 is 50.3 Å². The van der Waals surface area contributed by atoms with Crippen molar-refractivity contribution in [1.82, 2.24) is 0 Å². The molecule has 0 rings (SSSR count). The molecular formula is C18H40O10. The molecule has 0 aliphatic rings. The van der Waals surface area contributed by atoms with Crippen LogP contribution in [-0.2, 0) is 9.78 Å². The molecule has 0 aromatic rings. The first kappa shape index (κ1) is 33.9. The number of hydrogen-bond acceptors (Lipinski definition) is 6. The van der Waals surface area contributed by atoms with Gasteiger partial charge in [-0.1, -0.05) is 66.2 Å². The van der Waals surface area contributed by atoms with Gasteiger partial charge in [0.25, 0.3) is 0 Å². The molecular weight excluding hydrogens is 376 g/mol. The predicted octanol–water partition coefficient (Wildman–Crippen LogP) is 6.11. The van der Waals surface area contributed by atoms with Crippen LogP contribution in [0.25, 0.3) is 0 Å². The molecule has 0 aromatic heterocycles. The summed E-state index contributed by atoms with van der Waals surface area (Å²) in [6.45, 7) is 8.38. The molecule has 0 aliphatic heterocycles. The summed E-state index contributed by atoms with van der Waals surface area (Å²) in [6, 6.07) is 0. The summed E-state index contributed by atoms with van der Waals surface area (Å²) in [4.78, 5) is 25.6. The highest BCUT2D eigenvalue weighted by Gasteiger charge is 2.04. The van der Waals surface area contributed by atoms with E-state index in [4.69, 9.17) is 40.5 Å². The molecule has 0 fully saturated rings. The topological polar surface area (TPSA) is 174 Å². The summed E-state index contributed by atoms with van der Waals surface area (Å²) in [6.07, 6.45) is 7.48. The van der Waals surface area contributed by atoms with E-state index in [2.05, 4.69) is 23.6 Å². The third kappa shape index (κ3) is 49.7. The van der Waals surface area contributed by atoms with Gasteiger partial charge in [0.1, 0.15) is 0 Å². The highest BCUT2D eigenvalue weighted by molar-refractivity contribution is 5.53. The van der Waals surface area contributed by atoms with Crippen LogP contribution < -0.4 is 0 Å². The van der Waals surface area contributed by atoms with Gasteiger partial charge in [-0.25, -0.2) is 19.4 Å². The zero-order valence-corrected chi connectivity index (χ0v) is 17.5. The van der Waals surface area contributed by atoms with E-state index in [-0.39, 0.29) is 12.2 Å². The summed E-state index contributed by atoms with van der Waals surface area (Å²) in [5.41, 5.74) is 0. The van der Waals surface area contributed by atoms with Gasteiger partial charge in [0, 0.05) is 0 Å². The van der Waals surface area contributed by atoms with Crippen molar-refractivity contribution >= 4 is 12.3 Å². The molecule has 2 unspecified atom stereocenters. The monoisotopic (exact) mass is 416 g/mol. The van der Waals surface area contributed by atoms with Crippen LogP contribution in [0.2, 0.25) is 0 Å². The predicted molar refractivity (Wildman–Crippen MR) is 105 cm³/mol. The Bertz CT molecular complexity index is 267. The van der Waals surface area contributed by atoms with E-state index in [0.29, 0.717) is 0 Å². The van der Waals surface area contributed by atoms with Gasteiger partial charge in [0.15, 0.2) is 0 Å². The first-order valence-corrected chi connectivity index (χ1v) is 9.60. The average molecular weight is 417 g/mol. The fourth-order valence-electron chi connectivity index (χ4n) is 1.91. The number of carbonyl (C=O) groups is 2. The van der Waals surface area contributed by atoms with E-state index in [1.807, 2.05) is 13.8 Å². The van der Waals surface area contributed by atoms with Crippen molar-refractivity contribution in [3.05, 3.63) is 0 Å². The maximum absolute atomic E-state index is 8.56. The minimum Gasteiger partial charge on any atom is -0.450 e. The molecule has 0 amide bonds. The number of hydrogen-bond donors (Lipinski definition) is 6. The summed E-state index contributed by atoms with van der Waals surface area (Å²) in [5.74, 6) is 0. The van der Waals surface area contributed by atoms with Crippen molar-refractivity contribution in [3.63, 3.8) is 0 Å². The Hall–Kier alpha value is -1.62. The molecule has 6 N–H and O–H groups in total. The second-order valence-corrected chi connectivity index (χ2v) is 5.83. The van der Waals surface area contributed by atoms with E-state index in [1.165, 1.54) is 25.7 Å². The van der Waals surface area contributed by atoms with E-state index >= 15 is 0 Å². The lowest BCUT2D eigenvalue weighted by molar-refractivity contribution is -0.280. The molecule has 10 heteroatoms. The third-order valence-corrected chi connectivity index (χ3v) is 3.47. The van der Waals surface area contributed by atoms with Crippen LogP contribution in [0.3, 0.4) is 0 Å². The lowest BCUT2D eigenvalue weighted by Crippen LogP contribution is -2.08. The standard InChI is InChI=1S/2C8H18O2.2CH2O3/c2*1-3-5-6-7-8(4-2)10-9;2*2-1(3)4/h2*8-9H,3-7H2,1-2H3;2*(H2,2,3,4). The van der Waals surface area contributed by atoms with E-state index < -0.39 is 12.3 Å². The summed E-state index contributed by atoms with van der Waals surface area (Å²) in [7, 11) is 0. The number of carboxylic acid groups (broad SMARTS) is 4. The van der Waals surface area contributed by atoms with Gasteiger partial charge in [-0.05, 0) is 25.7 Å². The van der Waals surface area contributed by atoms with Gasteiger partial charge in [0.05, 0.1) is 12.2 Å². The Morgan fingerprint density at radius 1 is 0.643 bits per heavy atom. The summed E-state index contributed by atoms with van der Waals surface area (Å²) >= 11 is 0. The Morgan fingerprint density at radius 2 is 0.893 bits per heavy atom. The van der Waals surface area contributed by atoms with Gasteiger partial charge in [-0.15, -0.1) is 0 Å².